The first-order valence-corrected chi connectivity index (χ1v) is 12.8. The molecule has 2 aromatic carbocycles. The molecule has 1 aliphatic rings. The molecule has 0 spiro atoms. The average Bonchev–Trinajstić information content (AvgIpc) is 3.28. The van der Waals surface area contributed by atoms with E-state index in [2.05, 4.69) is 84.8 Å². The number of nitrogens with one attached hydrogen (secondary N) is 2. The van der Waals surface area contributed by atoms with Gasteiger partial charge >= 0.3 is 0 Å². The maximum atomic E-state index is 12.7. The first kappa shape index (κ1) is 28.6. The highest BCUT2D eigenvalue weighted by Crippen LogP contribution is 2.16. The molecule has 33 heavy (non-hydrogen) atoms. The second-order valence-corrected chi connectivity index (χ2v) is 8.67. The van der Waals surface area contributed by atoms with E-state index in [9.17, 15) is 4.79 Å². The van der Waals surface area contributed by atoms with Gasteiger partial charge in [-0.25, -0.2) is 0 Å². The van der Waals surface area contributed by atoms with Gasteiger partial charge in [0.2, 0.25) is 5.91 Å². The smallest absolute Gasteiger partial charge is 0.237 e. The molecule has 3 heteroatoms. The van der Waals surface area contributed by atoms with Gasteiger partial charge in [0.25, 0.3) is 0 Å². The maximum absolute atomic E-state index is 12.7. The lowest BCUT2D eigenvalue weighted by atomic mass is 9.98. The van der Waals surface area contributed by atoms with Gasteiger partial charge < -0.3 is 10.6 Å². The highest BCUT2D eigenvalue weighted by molar-refractivity contribution is 5.82. The monoisotopic (exact) mass is 450 g/mol. The van der Waals surface area contributed by atoms with Crippen molar-refractivity contribution in [1.82, 2.24) is 10.6 Å². The second kappa shape index (κ2) is 18.1. The Balaban J connectivity index is 0.00000101. The molecule has 2 unspecified atom stereocenters. The Morgan fingerprint density at radius 3 is 1.85 bits per heavy atom. The molecule has 1 saturated heterocycles. The van der Waals surface area contributed by atoms with Crippen LogP contribution in [0.3, 0.4) is 0 Å². The summed E-state index contributed by atoms with van der Waals surface area (Å²) in [6, 6.07) is 21.5. The van der Waals surface area contributed by atoms with Crippen LogP contribution in [0, 0.1) is 5.92 Å². The first-order valence-electron chi connectivity index (χ1n) is 12.8. The van der Waals surface area contributed by atoms with Crippen LogP contribution in [0.25, 0.3) is 0 Å². The predicted octanol–water partition coefficient (Wildman–Crippen LogP) is 6.73. The minimum absolute atomic E-state index is 0.0132. The van der Waals surface area contributed by atoms with Gasteiger partial charge in [0.15, 0.2) is 0 Å². The molecular weight excluding hydrogens is 404 g/mol. The fraction of sp³-hybridized carbons (Fsp3) is 0.500. The summed E-state index contributed by atoms with van der Waals surface area (Å²) in [6.45, 7) is 12.4. The van der Waals surface area contributed by atoms with Gasteiger partial charge in [-0.2, -0.15) is 0 Å². The summed E-state index contributed by atoms with van der Waals surface area (Å²) in [6.07, 6.45) is 9.14. The molecule has 1 amide bonds. The van der Waals surface area contributed by atoms with Gasteiger partial charge in [0, 0.05) is 6.04 Å². The van der Waals surface area contributed by atoms with E-state index >= 15 is 0 Å². The van der Waals surface area contributed by atoms with Crippen molar-refractivity contribution in [3.05, 3.63) is 84.4 Å². The Morgan fingerprint density at radius 2 is 1.45 bits per heavy atom. The van der Waals surface area contributed by atoms with E-state index in [-0.39, 0.29) is 18.0 Å². The van der Waals surface area contributed by atoms with Crippen LogP contribution in [0.4, 0.5) is 0 Å². The maximum Gasteiger partial charge on any atom is 0.237 e. The minimum Gasteiger partial charge on any atom is -0.352 e. The zero-order valence-corrected chi connectivity index (χ0v) is 21.4. The van der Waals surface area contributed by atoms with Crippen molar-refractivity contribution in [1.29, 1.82) is 0 Å². The van der Waals surface area contributed by atoms with Crippen LogP contribution in [-0.2, 0) is 17.6 Å². The Bertz CT molecular complexity index is 699. The molecule has 3 rings (SSSR count). The van der Waals surface area contributed by atoms with Gasteiger partial charge in [0.05, 0.1) is 6.04 Å². The summed E-state index contributed by atoms with van der Waals surface area (Å²) in [5.74, 6) is 0.777. The summed E-state index contributed by atoms with van der Waals surface area (Å²) in [4.78, 5) is 12.7. The van der Waals surface area contributed by atoms with Crippen molar-refractivity contribution in [2.24, 2.45) is 5.92 Å². The molecule has 1 aliphatic heterocycles. The summed E-state index contributed by atoms with van der Waals surface area (Å²) in [5, 5.41) is 6.71. The first-order chi connectivity index (χ1) is 16.1. The van der Waals surface area contributed by atoms with Crippen molar-refractivity contribution < 1.29 is 4.79 Å². The molecule has 0 bridgehead atoms. The number of benzene rings is 2. The highest BCUT2D eigenvalue weighted by Gasteiger charge is 2.27. The number of aryl methyl sites for hydroxylation is 2. The minimum atomic E-state index is -0.0132. The number of hydrogen-bond acceptors (Lipinski definition) is 2. The van der Waals surface area contributed by atoms with Crippen molar-refractivity contribution in [3.8, 4) is 0 Å². The zero-order valence-electron chi connectivity index (χ0n) is 21.4. The number of rotatable bonds is 10. The van der Waals surface area contributed by atoms with E-state index in [1.165, 1.54) is 11.1 Å². The summed E-state index contributed by atoms with van der Waals surface area (Å²) in [5.41, 5.74) is 2.76. The zero-order chi connectivity index (χ0) is 24.3. The molecule has 3 nitrogen and oxygen atoms in total. The number of amides is 1. The van der Waals surface area contributed by atoms with Gasteiger partial charge in [-0.3, -0.25) is 4.79 Å². The lowest BCUT2D eigenvalue weighted by molar-refractivity contribution is -0.123. The van der Waals surface area contributed by atoms with E-state index in [4.69, 9.17) is 0 Å². The van der Waals surface area contributed by atoms with Crippen molar-refractivity contribution >= 4 is 5.91 Å². The van der Waals surface area contributed by atoms with E-state index in [0.29, 0.717) is 5.92 Å². The van der Waals surface area contributed by atoms with E-state index in [1.807, 2.05) is 20.8 Å². The quantitative estimate of drug-likeness (QED) is 0.394. The van der Waals surface area contributed by atoms with Crippen LogP contribution in [0.1, 0.15) is 70.9 Å². The van der Waals surface area contributed by atoms with Crippen molar-refractivity contribution in [2.45, 2.75) is 84.7 Å². The molecule has 0 aliphatic carbocycles. The number of carbonyl (C=O) groups is 1. The highest BCUT2D eigenvalue weighted by atomic mass is 16.2. The third kappa shape index (κ3) is 12.4. The largest absolute Gasteiger partial charge is 0.352 e. The van der Waals surface area contributed by atoms with Crippen LogP contribution in [-0.4, -0.2) is 24.5 Å². The van der Waals surface area contributed by atoms with Gasteiger partial charge in [-0.05, 0) is 75.5 Å². The lowest BCUT2D eigenvalue weighted by Crippen LogP contribution is -2.45. The molecule has 2 N–H and O–H groups in total. The van der Waals surface area contributed by atoms with Gasteiger partial charge in [0.1, 0.15) is 0 Å². The van der Waals surface area contributed by atoms with Crippen LogP contribution in [0.15, 0.2) is 73.3 Å². The summed E-state index contributed by atoms with van der Waals surface area (Å²) >= 11 is 0. The molecule has 2 aromatic rings. The molecular formula is C30H46N2O. The molecule has 0 aromatic heterocycles. The second-order valence-electron chi connectivity index (χ2n) is 8.67. The fourth-order valence-electron chi connectivity index (χ4n) is 4.10. The van der Waals surface area contributed by atoms with Gasteiger partial charge in [-0.15, -0.1) is 6.58 Å². The Labute approximate surface area is 203 Å². The predicted molar refractivity (Wildman–Crippen MR) is 143 cm³/mol. The number of carbonyl (C=O) groups excluding carboxylic acids is 1. The van der Waals surface area contributed by atoms with Crippen LogP contribution in [0.5, 0.6) is 0 Å². The molecule has 1 fully saturated rings. The summed E-state index contributed by atoms with van der Waals surface area (Å²) < 4.78 is 0. The molecule has 182 valence electrons. The van der Waals surface area contributed by atoms with Crippen LogP contribution in [0.2, 0.25) is 0 Å². The van der Waals surface area contributed by atoms with E-state index in [0.717, 1.165) is 51.5 Å². The van der Waals surface area contributed by atoms with Crippen molar-refractivity contribution in [3.63, 3.8) is 0 Å². The topological polar surface area (TPSA) is 41.1 Å². The van der Waals surface area contributed by atoms with Crippen LogP contribution < -0.4 is 10.6 Å². The molecule has 2 atom stereocenters. The Morgan fingerprint density at radius 1 is 1.00 bits per heavy atom. The SMILES string of the molecule is C=CC.CC.CC1CNC(C(=O)NC(CCCc2ccccc2)CCCc2ccccc2)C1. The Hall–Kier alpha value is -2.39. The van der Waals surface area contributed by atoms with E-state index < -0.39 is 0 Å². The normalized spacial score (nSPS) is 16.8. The number of hydrogen-bond donors (Lipinski definition) is 2. The standard InChI is InChI=1S/C25H34N2O.C3H6.C2H6/c1-20-18-24(26-19-20)25(28)27-23(16-8-14-21-10-4-2-5-11-21)17-9-15-22-12-6-3-7-13-22;1-3-2;1-2/h2-7,10-13,20,23-24,26H,8-9,14-19H2,1H3,(H,27,28);3H,1H2,2H3;1-2H3. The van der Waals surface area contributed by atoms with Gasteiger partial charge in [-0.1, -0.05) is 87.5 Å². The summed E-state index contributed by atoms with van der Waals surface area (Å²) in [7, 11) is 0. The average molecular weight is 451 g/mol. The third-order valence-electron chi connectivity index (χ3n) is 5.74. The Kier molecular flexibility index (Phi) is 15.7. The van der Waals surface area contributed by atoms with E-state index in [1.54, 1.807) is 6.08 Å². The van der Waals surface area contributed by atoms with Crippen molar-refractivity contribution in [2.75, 3.05) is 6.54 Å². The molecule has 0 radical (unpaired) electrons. The molecule has 1 heterocycles. The van der Waals surface area contributed by atoms with Crippen LogP contribution >= 0.6 is 0 Å². The molecule has 0 saturated carbocycles. The third-order valence-corrected chi connectivity index (χ3v) is 5.74. The number of allylic oxidation sites excluding steroid dienone is 1. The fourth-order valence-corrected chi connectivity index (χ4v) is 4.10. The lowest BCUT2D eigenvalue weighted by Gasteiger charge is -2.21.